The van der Waals surface area contributed by atoms with E-state index in [0.29, 0.717) is 6.61 Å². The van der Waals surface area contributed by atoms with Gasteiger partial charge in [-0.2, -0.15) is 0 Å². The zero-order valence-electron chi connectivity index (χ0n) is 9.20. The number of rotatable bonds is 3. The Balaban J connectivity index is 2.41. The number of hydrogen-bond donors (Lipinski definition) is 0. The van der Waals surface area contributed by atoms with E-state index in [-0.39, 0.29) is 5.41 Å². The molecule has 0 bridgehead atoms. The minimum absolute atomic E-state index is 0.0927. The summed E-state index contributed by atoms with van der Waals surface area (Å²) in [6.07, 6.45) is 0. The van der Waals surface area contributed by atoms with Gasteiger partial charge in [0.15, 0.2) is 6.61 Å². The molecule has 2 nitrogen and oxygen atoms in total. The van der Waals surface area contributed by atoms with Gasteiger partial charge in [0.1, 0.15) is 0 Å². The van der Waals surface area contributed by atoms with Gasteiger partial charge >= 0.3 is 0 Å². The molecular weight excluding hydrogens is 194 g/mol. The summed E-state index contributed by atoms with van der Waals surface area (Å²) >= 11 is 1.69. The van der Waals surface area contributed by atoms with Crippen molar-refractivity contribution in [1.29, 1.82) is 0 Å². The van der Waals surface area contributed by atoms with Crippen LogP contribution in [0.5, 0.6) is 0 Å². The van der Waals surface area contributed by atoms with Gasteiger partial charge in [-0.15, -0.1) is 11.3 Å². The van der Waals surface area contributed by atoms with E-state index in [0.717, 1.165) is 5.71 Å². The molecule has 1 aromatic rings. The highest BCUT2D eigenvalue weighted by Gasteiger charge is 2.14. The average Bonchev–Trinajstić information content (AvgIpc) is 2.55. The third kappa shape index (κ3) is 3.50. The third-order valence-corrected chi connectivity index (χ3v) is 2.92. The van der Waals surface area contributed by atoms with Crippen molar-refractivity contribution in [2.45, 2.75) is 34.3 Å². The monoisotopic (exact) mass is 211 g/mol. The van der Waals surface area contributed by atoms with Crippen molar-refractivity contribution in [2.75, 3.05) is 0 Å². The van der Waals surface area contributed by atoms with Gasteiger partial charge in [0.25, 0.3) is 0 Å². The maximum Gasteiger partial charge on any atom is 0.151 e. The molecule has 0 aliphatic rings. The predicted molar refractivity (Wildman–Crippen MR) is 61.7 cm³/mol. The van der Waals surface area contributed by atoms with Crippen molar-refractivity contribution in [1.82, 2.24) is 0 Å². The van der Waals surface area contributed by atoms with Gasteiger partial charge < -0.3 is 4.84 Å². The average molecular weight is 211 g/mol. The predicted octanol–water partition coefficient (Wildman–Crippen LogP) is 3.69. The molecule has 0 aromatic carbocycles. The summed E-state index contributed by atoms with van der Waals surface area (Å²) in [6.45, 7) is 8.94. The quantitative estimate of drug-likeness (QED) is 0.552. The highest BCUT2D eigenvalue weighted by atomic mass is 32.1. The van der Waals surface area contributed by atoms with Gasteiger partial charge in [-0.3, -0.25) is 0 Å². The largest absolute Gasteiger partial charge is 0.390 e. The second-order valence-corrected chi connectivity index (χ2v) is 5.31. The molecule has 78 valence electrons. The van der Waals surface area contributed by atoms with E-state index in [1.807, 2.05) is 24.4 Å². The van der Waals surface area contributed by atoms with Gasteiger partial charge in [0.05, 0.1) is 5.71 Å². The van der Waals surface area contributed by atoms with Crippen LogP contribution in [0.3, 0.4) is 0 Å². The minimum atomic E-state index is 0.0927. The van der Waals surface area contributed by atoms with Crippen LogP contribution in [0, 0.1) is 5.41 Å². The molecule has 1 heterocycles. The Labute approximate surface area is 89.6 Å². The maximum atomic E-state index is 5.26. The molecule has 1 aromatic heterocycles. The Bertz CT molecular complexity index is 296. The van der Waals surface area contributed by atoms with Gasteiger partial charge in [-0.1, -0.05) is 32.0 Å². The van der Waals surface area contributed by atoms with Crippen molar-refractivity contribution in [3.63, 3.8) is 0 Å². The fourth-order valence-electron chi connectivity index (χ4n) is 0.724. The topological polar surface area (TPSA) is 21.6 Å². The van der Waals surface area contributed by atoms with E-state index in [1.54, 1.807) is 11.3 Å². The summed E-state index contributed by atoms with van der Waals surface area (Å²) in [5.74, 6) is 0. The van der Waals surface area contributed by atoms with Crippen molar-refractivity contribution < 1.29 is 4.84 Å². The summed E-state index contributed by atoms with van der Waals surface area (Å²) in [7, 11) is 0. The molecule has 0 aliphatic heterocycles. The summed E-state index contributed by atoms with van der Waals surface area (Å²) in [6, 6.07) is 4.07. The van der Waals surface area contributed by atoms with Crippen LogP contribution >= 0.6 is 11.3 Å². The van der Waals surface area contributed by atoms with Crippen molar-refractivity contribution >= 4 is 17.0 Å². The second kappa shape index (κ2) is 4.60. The molecule has 0 saturated carbocycles. The molecule has 14 heavy (non-hydrogen) atoms. The molecule has 0 N–H and O–H groups in total. The highest BCUT2D eigenvalue weighted by molar-refractivity contribution is 7.09. The van der Waals surface area contributed by atoms with E-state index < -0.39 is 0 Å². The molecule has 0 radical (unpaired) electrons. The molecule has 3 heteroatoms. The van der Waals surface area contributed by atoms with Crippen LogP contribution in [-0.4, -0.2) is 5.71 Å². The molecule has 0 atom stereocenters. The number of hydrogen-bond acceptors (Lipinski definition) is 3. The SMILES string of the molecule is C/C(=N\OCc1cccs1)C(C)(C)C. The van der Waals surface area contributed by atoms with E-state index in [4.69, 9.17) is 4.84 Å². The lowest BCUT2D eigenvalue weighted by Crippen LogP contribution is -2.16. The van der Waals surface area contributed by atoms with E-state index >= 15 is 0 Å². The Morgan fingerprint density at radius 3 is 2.71 bits per heavy atom. The molecule has 1 rings (SSSR count). The Kier molecular flexibility index (Phi) is 3.69. The van der Waals surface area contributed by atoms with Gasteiger partial charge in [0.2, 0.25) is 0 Å². The van der Waals surface area contributed by atoms with Crippen LogP contribution in [0.25, 0.3) is 0 Å². The van der Waals surface area contributed by atoms with E-state index in [9.17, 15) is 0 Å². The fourth-order valence-corrected chi connectivity index (χ4v) is 1.33. The molecule has 0 spiro atoms. The molecule has 0 aliphatic carbocycles. The summed E-state index contributed by atoms with van der Waals surface area (Å²) in [4.78, 5) is 6.47. The Morgan fingerprint density at radius 1 is 1.50 bits per heavy atom. The van der Waals surface area contributed by atoms with E-state index in [2.05, 4.69) is 25.9 Å². The Hall–Kier alpha value is -0.830. The van der Waals surface area contributed by atoms with Crippen molar-refractivity contribution in [2.24, 2.45) is 10.6 Å². The first-order chi connectivity index (χ1) is 6.50. The lowest BCUT2D eigenvalue weighted by Gasteiger charge is -2.16. The highest BCUT2D eigenvalue weighted by Crippen LogP contribution is 2.16. The first kappa shape index (κ1) is 11.2. The number of oxime groups is 1. The van der Waals surface area contributed by atoms with Crippen LogP contribution in [0.2, 0.25) is 0 Å². The van der Waals surface area contributed by atoms with Crippen molar-refractivity contribution in [3.05, 3.63) is 22.4 Å². The molecule has 0 fully saturated rings. The summed E-state index contributed by atoms with van der Waals surface area (Å²) < 4.78 is 0. The number of nitrogens with zero attached hydrogens (tertiary/aromatic N) is 1. The van der Waals surface area contributed by atoms with Crippen LogP contribution in [0.1, 0.15) is 32.6 Å². The van der Waals surface area contributed by atoms with Crippen LogP contribution in [0.4, 0.5) is 0 Å². The fraction of sp³-hybridized carbons (Fsp3) is 0.545. The first-order valence-electron chi connectivity index (χ1n) is 4.69. The second-order valence-electron chi connectivity index (χ2n) is 4.28. The molecule has 0 unspecified atom stereocenters. The maximum absolute atomic E-state index is 5.26. The zero-order chi connectivity index (χ0) is 10.6. The summed E-state index contributed by atoms with van der Waals surface area (Å²) in [5.41, 5.74) is 1.11. The lowest BCUT2D eigenvalue weighted by atomic mass is 9.91. The van der Waals surface area contributed by atoms with Gasteiger partial charge in [0, 0.05) is 10.3 Å². The Morgan fingerprint density at radius 2 is 2.21 bits per heavy atom. The van der Waals surface area contributed by atoms with Crippen LogP contribution < -0.4 is 0 Å². The number of thiophene rings is 1. The first-order valence-corrected chi connectivity index (χ1v) is 5.57. The standard InChI is InChI=1S/C11H17NOS/c1-9(11(2,3)4)12-13-8-10-6-5-7-14-10/h5-7H,8H2,1-4H3/b12-9+. The zero-order valence-corrected chi connectivity index (χ0v) is 10.0. The minimum Gasteiger partial charge on any atom is -0.390 e. The smallest absolute Gasteiger partial charge is 0.151 e. The third-order valence-electron chi connectivity index (χ3n) is 2.07. The van der Waals surface area contributed by atoms with E-state index in [1.165, 1.54) is 4.88 Å². The lowest BCUT2D eigenvalue weighted by molar-refractivity contribution is 0.130. The van der Waals surface area contributed by atoms with Crippen LogP contribution in [-0.2, 0) is 11.4 Å². The van der Waals surface area contributed by atoms with Gasteiger partial charge in [-0.05, 0) is 18.4 Å². The van der Waals surface area contributed by atoms with Gasteiger partial charge in [-0.25, -0.2) is 0 Å². The van der Waals surface area contributed by atoms with Crippen LogP contribution in [0.15, 0.2) is 22.7 Å². The molecular formula is C11H17NOS. The normalized spacial score (nSPS) is 13.0. The van der Waals surface area contributed by atoms with Crippen molar-refractivity contribution in [3.8, 4) is 0 Å². The summed E-state index contributed by atoms with van der Waals surface area (Å²) in [5, 5.41) is 6.13. The molecule has 0 saturated heterocycles. The molecule has 0 amide bonds.